The normalized spacial score (nSPS) is 20.2. The summed E-state index contributed by atoms with van der Waals surface area (Å²) in [6.07, 6.45) is 1.03. The van der Waals surface area contributed by atoms with Gasteiger partial charge >= 0.3 is 0 Å². The van der Waals surface area contributed by atoms with Crippen molar-refractivity contribution in [1.82, 2.24) is 5.32 Å². The molecule has 0 spiro atoms. The smallest absolute Gasteiger partial charge is 0.138 e. The van der Waals surface area contributed by atoms with Crippen LogP contribution in [0.25, 0.3) is 0 Å². The van der Waals surface area contributed by atoms with Gasteiger partial charge in [0.1, 0.15) is 5.78 Å². The Balaban J connectivity index is 1.86. The molecular formula is C13H16BrNO2. The minimum absolute atomic E-state index is 0.179. The van der Waals surface area contributed by atoms with E-state index in [4.69, 9.17) is 4.74 Å². The van der Waals surface area contributed by atoms with Crippen molar-refractivity contribution in [1.29, 1.82) is 0 Å². The summed E-state index contributed by atoms with van der Waals surface area (Å²) < 4.78 is 6.33. The van der Waals surface area contributed by atoms with Crippen molar-refractivity contribution in [3.05, 3.63) is 34.3 Å². The van der Waals surface area contributed by atoms with Crippen molar-refractivity contribution in [2.24, 2.45) is 0 Å². The molecule has 1 N–H and O–H groups in total. The van der Waals surface area contributed by atoms with E-state index < -0.39 is 0 Å². The van der Waals surface area contributed by atoms with Gasteiger partial charge in [-0.25, -0.2) is 0 Å². The maximum atomic E-state index is 11.9. The quantitative estimate of drug-likeness (QED) is 0.923. The molecular weight excluding hydrogens is 282 g/mol. The zero-order valence-electron chi connectivity index (χ0n) is 9.62. The van der Waals surface area contributed by atoms with E-state index in [1.807, 2.05) is 24.3 Å². The predicted octanol–water partition coefficient (Wildman–Crippen LogP) is 1.94. The molecule has 1 heterocycles. The first-order valence-corrected chi connectivity index (χ1v) is 6.61. The molecule has 1 unspecified atom stereocenters. The van der Waals surface area contributed by atoms with Crippen LogP contribution in [0.4, 0.5) is 0 Å². The summed E-state index contributed by atoms with van der Waals surface area (Å²) in [6.45, 7) is 2.23. The molecule has 0 aromatic heterocycles. The van der Waals surface area contributed by atoms with Crippen LogP contribution in [-0.2, 0) is 16.0 Å². The van der Waals surface area contributed by atoms with Crippen LogP contribution in [-0.4, -0.2) is 31.6 Å². The van der Waals surface area contributed by atoms with Crippen LogP contribution in [0.3, 0.4) is 0 Å². The molecule has 1 atom stereocenters. The zero-order valence-corrected chi connectivity index (χ0v) is 11.2. The number of hydrogen-bond acceptors (Lipinski definition) is 3. The standard InChI is InChI=1S/C13H16BrNO2/c14-13-4-2-1-3-10(13)7-12(16)8-11-9-17-6-5-15-11/h1-4,11,15H,5-9H2. The van der Waals surface area contributed by atoms with Crippen LogP contribution in [0.2, 0.25) is 0 Å². The SMILES string of the molecule is O=C(Cc1ccccc1Br)CC1COCCN1. The largest absolute Gasteiger partial charge is 0.379 e. The van der Waals surface area contributed by atoms with Gasteiger partial charge in [0.25, 0.3) is 0 Å². The van der Waals surface area contributed by atoms with Gasteiger partial charge < -0.3 is 10.1 Å². The van der Waals surface area contributed by atoms with E-state index in [1.165, 1.54) is 0 Å². The van der Waals surface area contributed by atoms with Crippen molar-refractivity contribution in [3.8, 4) is 0 Å². The number of carbonyl (C=O) groups excluding carboxylic acids is 1. The highest BCUT2D eigenvalue weighted by Crippen LogP contribution is 2.17. The third-order valence-corrected chi connectivity index (χ3v) is 3.59. The zero-order chi connectivity index (χ0) is 12.1. The molecule has 1 aromatic rings. The summed E-state index contributed by atoms with van der Waals surface area (Å²) in [6, 6.07) is 8.03. The second-order valence-electron chi connectivity index (χ2n) is 4.24. The molecule has 0 aliphatic carbocycles. The van der Waals surface area contributed by atoms with E-state index in [1.54, 1.807) is 0 Å². The average molecular weight is 298 g/mol. The number of carbonyl (C=O) groups is 1. The first-order chi connectivity index (χ1) is 8.25. The number of benzene rings is 1. The average Bonchev–Trinajstić information content (AvgIpc) is 2.33. The van der Waals surface area contributed by atoms with Crippen LogP contribution in [0.5, 0.6) is 0 Å². The lowest BCUT2D eigenvalue weighted by Gasteiger charge is -2.23. The minimum atomic E-state index is 0.179. The Bertz CT molecular complexity index is 389. The van der Waals surface area contributed by atoms with E-state index >= 15 is 0 Å². The molecule has 0 amide bonds. The molecule has 17 heavy (non-hydrogen) atoms. The molecule has 4 heteroatoms. The van der Waals surface area contributed by atoms with E-state index in [-0.39, 0.29) is 11.8 Å². The summed E-state index contributed by atoms with van der Waals surface area (Å²) in [5, 5.41) is 3.29. The number of Topliss-reactive ketones (excluding diaryl/α,β-unsaturated/α-hetero) is 1. The molecule has 1 aromatic carbocycles. The van der Waals surface area contributed by atoms with Gasteiger partial charge in [-0.15, -0.1) is 0 Å². The predicted molar refractivity (Wildman–Crippen MR) is 70.1 cm³/mol. The number of nitrogens with one attached hydrogen (secondary N) is 1. The summed E-state index contributed by atoms with van der Waals surface area (Å²) in [4.78, 5) is 11.9. The van der Waals surface area contributed by atoms with Gasteiger partial charge in [-0.05, 0) is 11.6 Å². The summed E-state index contributed by atoms with van der Waals surface area (Å²) in [5.41, 5.74) is 1.05. The van der Waals surface area contributed by atoms with Gasteiger partial charge in [0, 0.05) is 29.9 Å². The fourth-order valence-corrected chi connectivity index (χ4v) is 2.38. The molecule has 1 aliphatic heterocycles. The Labute approximate surface area is 110 Å². The first-order valence-electron chi connectivity index (χ1n) is 5.82. The first kappa shape index (κ1) is 12.7. The van der Waals surface area contributed by atoms with Gasteiger partial charge in [-0.3, -0.25) is 4.79 Å². The fourth-order valence-electron chi connectivity index (χ4n) is 1.95. The number of hydrogen-bond donors (Lipinski definition) is 1. The Hall–Kier alpha value is -0.710. The number of rotatable bonds is 4. The number of morpholine rings is 1. The monoisotopic (exact) mass is 297 g/mol. The molecule has 0 saturated carbocycles. The Kier molecular flexibility index (Phi) is 4.71. The second kappa shape index (κ2) is 6.28. The van der Waals surface area contributed by atoms with E-state index in [0.717, 1.165) is 23.2 Å². The van der Waals surface area contributed by atoms with Crippen molar-refractivity contribution in [2.75, 3.05) is 19.8 Å². The van der Waals surface area contributed by atoms with Crippen molar-refractivity contribution in [2.45, 2.75) is 18.9 Å². The minimum Gasteiger partial charge on any atom is -0.379 e. The number of ketones is 1. The van der Waals surface area contributed by atoms with Crippen LogP contribution in [0.15, 0.2) is 28.7 Å². The third kappa shape index (κ3) is 3.91. The molecule has 2 rings (SSSR count). The van der Waals surface area contributed by atoms with Gasteiger partial charge in [-0.1, -0.05) is 34.1 Å². The van der Waals surface area contributed by atoms with Crippen molar-refractivity contribution in [3.63, 3.8) is 0 Å². The van der Waals surface area contributed by atoms with E-state index in [9.17, 15) is 4.79 Å². The maximum Gasteiger partial charge on any atom is 0.138 e. The lowest BCUT2D eigenvalue weighted by atomic mass is 10.0. The van der Waals surface area contributed by atoms with Crippen LogP contribution >= 0.6 is 15.9 Å². The molecule has 3 nitrogen and oxygen atoms in total. The van der Waals surface area contributed by atoms with Gasteiger partial charge in [0.15, 0.2) is 0 Å². The maximum absolute atomic E-state index is 11.9. The highest BCUT2D eigenvalue weighted by atomic mass is 79.9. The van der Waals surface area contributed by atoms with Gasteiger partial charge in [0.05, 0.1) is 13.2 Å². The summed E-state index contributed by atoms with van der Waals surface area (Å²) in [7, 11) is 0. The lowest BCUT2D eigenvalue weighted by Crippen LogP contribution is -2.42. The number of ether oxygens (including phenoxy) is 1. The topological polar surface area (TPSA) is 38.3 Å². The fraction of sp³-hybridized carbons (Fsp3) is 0.462. The Morgan fingerprint density at radius 2 is 2.29 bits per heavy atom. The van der Waals surface area contributed by atoms with Crippen LogP contribution < -0.4 is 5.32 Å². The highest BCUT2D eigenvalue weighted by molar-refractivity contribution is 9.10. The molecule has 0 radical (unpaired) electrons. The van der Waals surface area contributed by atoms with Crippen molar-refractivity contribution < 1.29 is 9.53 Å². The van der Waals surface area contributed by atoms with Crippen LogP contribution in [0.1, 0.15) is 12.0 Å². The third-order valence-electron chi connectivity index (χ3n) is 2.82. The highest BCUT2D eigenvalue weighted by Gasteiger charge is 2.17. The molecule has 1 aliphatic rings. The Morgan fingerprint density at radius 3 is 3.00 bits per heavy atom. The lowest BCUT2D eigenvalue weighted by molar-refractivity contribution is -0.119. The Morgan fingerprint density at radius 1 is 1.47 bits per heavy atom. The van der Waals surface area contributed by atoms with Crippen LogP contribution in [0, 0.1) is 0 Å². The van der Waals surface area contributed by atoms with Gasteiger partial charge in [-0.2, -0.15) is 0 Å². The molecule has 1 saturated heterocycles. The summed E-state index contributed by atoms with van der Waals surface area (Å²) >= 11 is 3.46. The second-order valence-corrected chi connectivity index (χ2v) is 5.09. The summed E-state index contributed by atoms with van der Waals surface area (Å²) in [5.74, 6) is 0.250. The van der Waals surface area contributed by atoms with Crippen molar-refractivity contribution >= 4 is 21.7 Å². The molecule has 0 bridgehead atoms. The van der Waals surface area contributed by atoms with Gasteiger partial charge in [0.2, 0.25) is 0 Å². The van der Waals surface area contributed by atoms with E-state index in [2.05, 4.69) is 21.2 Å². The molecule has 1 fully saturated rings. The van der Waals surface area contributed by atoms with E-state index in [0.29, 0.717) is 19.4 Å². The molecule has 92 valence electrons. The number of halogens is 1.